The summed E-state index contributed by atoms with van der Waals surface area (Å²) >= 11 is 0. The van der Waals surface area contributed by atoms with Crippen molar-refractivity contribution in [2.24, 2.45) is 5.73 Å². The van der Waals surface area contributed by atoms with Gasteiger partial charge in [0.2, 0.25) is 0 Å². The van der Waals surface area contributed by atoms with Crippen molar-refractivity contribution in [3.63, 3.8) is 0 Å². The molecule has 0 aliphatic carbocycles. The summed E-state index contributed by atoms with van der Waals surface area (Å²) in [5.41, 5.74) is 7.88. The first-order chi connectivity index (χ1) is 14.0. The highest BCUT2D eigenvalue weighted by molar-refractivity contribution is 5.84. The maximum Gasteiger partial charge on any atom is 0.251 e. The Morgan fingerprint density at radius 1 is 1.14 bits per heavy atom. The molecular formula is C21H22N6O2. The number of aliphatic hydroxyl groups is 2. The Morgan fingerprint density at radius 2 is 2.00 bits per heavy atom. The second-order valence-corrected chi connectivity index (χ2v) is 6.92. The van der Waals surface area contributed by atoms with Crippen LogP contribution in [0.5, 0.6) is 0 Å². The lowest BCUT2D eigenvalue weighted by atomic mass is 10.0. The normalized spacial score (nSPS) is 13.5. The minimum Gasteiger partial charge on any atom is -0.390 e. The molecule has 148 valence electrons. The van der Waals surface area contributed by atoms with Crippen molar-refractivity contribution in [1.29, 1.82) is 0 Å². The third-order valence-electron chi connectivity index (χ3n) is 4.74. The van der Waals surface area contributed by atoms with Gasteiger partial charge < -0.3 is 10.2 Å². The fourth-order valence-corrected chi connectivity index (χ4v) is 3.26. The molecule has 8 heteroatoms. The number of nitrogens with two attached hydrogens (primary N) is 1. The van der Waals surface area contributed by atoms with E-state index in [9.17, 15) is 10.2 Å². The van der Waals surface area contributed by atoms with E-state index in [-0.39, 0.29) is 6.61 Å². The molecule has 1 atom stereocenters. The Kier molecular flexibility index (Phi) is 5.06. The van der Waals surface area contributed by atoms with Crippen LogP contribution in [0.15, 0.2) is 54.9 Å². The van der Waals surface area contributed by atoms with Crippen LogP contribution in [0.4, 0.5) is 0 Å². The number of rotatable bonds is 6. The molecule has 0 fully saturated rings. The van der Waals surface area contributed by atoms with Gasteiger partial charge >= 0.3 is 0 Å². The lowest BCUT2D eigenvalue weighted by molar-refractivity contribution is 0.0292. The van der Waals surface area contributed by atoms with Crippen LogP contribution in [0.3, 0.4) is 0 Å². The van der Waals surface area contributed by atoms with Crippen molar-refractivity contribution in [1.82, 2.24) is 24.7 Å². The summed E-state index contributed by atoms with van der Waals surface area (Å²) in [6, 6.07) is 12.9. The zero-order valence-corrected chi connectivity index (χ0v) is 16.0. The number of aliphatic hydroxyl groups excluding tert-OH is 1. The zero-order valence-electron chi connectivity index (χ0n) is 16.0. The second kappa shape index (κ2) is 7.67. The average Bonchev–Trinajstić information content (AvgIpc) is 3.17. The van der Waals surface area contributed by atoms with Crippen molar-refractivity contribution >= 4 is 10.9 Å². The SMILES string of the molecule is CCC[C@](N)(O)c1cccc(-c2ccc3cnn(-c4nccc(CO)n4)c3c2)n1. The Labute approximate surface area is 167 Å². The van der Waals surface area contributed by atoms with Crippen LogP contribution >= 0.6 is 0 Å². The van der Waals surface area contributed by atoms with Crippen molar-refractivity contribution in [3.8, 4) is 17.2 Å². The lowest BCUT2D eigenvalue weighted by Crippen LogP contribution is -2.37. The molecule has 8 nitrogen and oxygen atoms in total. The van der Waals surface area contributed by atoms with Crippen LogP contribution in [0, 0.1) is 0 Å². The van der Waals surface area contributed by atoms with Gasteiger partial charge in [-0.2, -0.15) is 9.78 Å². The Balaban J connectivity index is 1.78. The van der Waals surface area contributed by atoms with E-state index >= 15 is 0 Å². The Bertz CT molecular complexity index is 1150. The Hall–Kier alpha value is -3.20. The summed E-state index contributed by atoms with van der Waals surface area (Å²) in [7, 11) is 0. The summed E-state index contributed by atoms with van der Waals surface area (Å²) in [5.74, 6) is 0.379. The molecule has 4 rings (SSSR count). The van der Waals surface area contributed by atoms with E-state index in [1.807, 2.05) is 37.3 Å². The predicted octanol–water partition coefficient (Wildman–Crippen LogP) is 2.27. The number of benzene rings is 1. The third-order valence-corrected chi connectivity index (χ3v) is 4.74. The van der Waals surface area contributed by atoms with Crippen LogP contribution in [-0.2, 0) is 12.3 Å². The summed E-state index contributed by atoms with van der Waals surface area (Å²) in [6.07, 6.45) is 4.49. The number of hydrogen-bond acceptors (Lipinski definition) is 7. The number of nitrogens with zero attached hydrogens (tertiary/aromatic N) is 5. The largest absolute Gasteiger partial charge is 0.390 e. The van der Waals surface area contributed by atoms with Crippen LogP contribution in [0.25, 0.3) is 28.1 Å². The number of pyridine rings is 1. The molecule has 0 aliphatic heterocycles. The van der Waals surface area contributed by atoms with Crippen LogP contribution in [0.1, 0.15) is 31.2 Å². The van der Waals surface area contributed by atoms with Gasteiger partial charge in [-0.05, 0) is 30.7 Å². The van der Waals surface area contributed by atoms with Crippen molar-refractivity contribution in [2.45, 2.75) is 32.1 Å². The highest BCUT2D eigenvalue weighted by Gasteiger charge is 2.24. The van der Waals surface area contributed by atoms with Crippen LogP contribution in [0.2, 0.25) is 0 Å². The van der Waals surface area contributed by atoms with E-state index in [4.69, 9.17) is 5.73 Å². The van der Waals surface area contributed by atoms with E-state index in [1.165, 1.54) is 0 Å². The fraction of sp³-hybridized carbons (Fsp3) is 0.238. The minimum absolute atomic E-state index is 0.170. The molecular weight excluding hydrogens is 368 g/mol. The molecule has 3 heterocycles. The molecule has 4 aromatic rings. The summed E-state index contributed by atoms with van der Waals surface area (Å²) in [5, 5.41) is 25.1. The van der Waals surface area contributed by atoms with Crippen molar-refractivity contribution < 1.29 is 10.2 Å². The van der Waals surface area contributed by atoms with Crippen LogP contribution < -0.4 is 5.73 Å². The van der Waals surface area contributed by atoms with Gasteiger partial charge in [-0.3, -0.25) is 5.73 Å². The van der Waals surface area contributed by atoms with E-state index in [0.29, 0.717) is 29.5 Å². The van der Waals surface area contributed by atoms with Gasteiger partial charge in [0.15, 0.2) is 5.72 Å². The van der Waals surface area contributed by atoms with Crippen LogP contribution in [-0.4, -0.2) is 34.9 Å². The molecule has 29 heavy (non-hydrogen) atoms. The smallest absolute Gasteiger partial charge is 0.251 e. The highest BCUT2D eigenvalue weighted by Crippen LogP contribution is 2.26. The molecule has 0 spiro atoms. The van der Waals surface area contributed by atoms with Crippen molar-refractivity contribution in [3.05, 3.63) is 66.2 Å². The standard InChI is InChI=1S/C21H22N6O2/c1-2-9-21(22,29)19-5-3-4-17(26-19)14-6-7-15-12-24-27(18(15)11-14)20-23-10-8-16(13-28)25-20/h3-8,10-12,28-29H,2,9,13,22H2,1H3/t21-/m0/s1. The van der Waals surface area contributed by atoms with Gasteiger partial charge in [-0.1, -0.05) is 31.5 Å². The van der Waals surface area contributed by atoms with E-state index in [1.54, 1.807) is 29.2 Å². The van der Waals surface area contributed by atoms with Gasteiger partial charge in [0.1, 0.15) is 0 Å². The van der Waals surface area contributed by atoms with Gasteiger partial charge in [-0.15, -0.1) is 0 Å². The lowest BCUT2D eigenvalue weighted by Gasteiger charge is -2.22. The molecule has 1 aromatic carbocycles. The third kappa shape index (κ3) is 3.73. The zero-order chi connectivity index (χ0) is 20.4. The topological polar surface area (TPSA) is 123 Å². The number of hydrogen-bond donors (Lipinski definition) is 3. The maximum absolute atomic E-state index is 10.5. The van der Waals surface area contributed by atoms with Gasteiger partial charge in [0.25, 0.3) is 5.95 Å². The second-order valence-electron chi connectivity index (χ2n) is 6.92. The maximum atomic E-state index is 10.5. The highest BCUT2D eigenvalue weighted by atomic mass is 16.3. The minimum atomic E-state index is -1.46. The van der Waals surface area contributed by atoms with Gasteiger partial charge in [0.05, 0.1) is 35.4 Å². The first-order valence-electron chi connectivity index (χ1n) is 9.42. The van der Waals surface area contributed by atoms with Crippen molar-refractivity contribution in [2.75, 3.05) is 0 Å². The van der Waals surface area contributed by atoms with Gasteiger partial charge in [0, 0.05) is 17.1 Å². The van der Waals surface area contributed by atoms with E-state index in [2.05, 4.69) is 20.1 Å². The summed E-state index contributed by atoms with van der Waals surface area (Å²) in [4.78, 5) is 13.2. The molecule has 4 N–H and O–H groups in total. The van der Waals surface area contributed by atoms with Gasteiger partial charge in [-0.25, -0.2) is 15.0 Å². The quantitative estimate of drug-likeness (QED) is 0.432. The monoisotopic (exact) mass is 390 g/mol. The molecule has 0 amide bonds. The first kappa shape index (κ1) is 19.1. The average molecular weight is 390 g/mol. The molecule has 0 saturated carbocycles. The predicted molar refractivity (Wildman–Crippen MR) is 109 cm³/mol. The molecule has 0 aliphatic rings. The summed E-state index contributed by atoms with van der Waals surface area (Å²) < 4.78 is 1.62. The molecule has 0 radical (unpaired) electrons. The number of fused-ring (bicyclic) bond motifs is 1. The molecule has 0 unspecified atom stereocenters. The Morgan fingerprint density at radius 3 is 2.79 bits per heavy atom. The molecule has 3 aromatic heterocycles. The van der Waals surface area contributed by atoms with E-state index < -0.39 is 5.72 Å². The first-order valence-corrected chi connectivity index (χ1v) is 9.42. The summed E-state index contributed by atoms with van der Waals surface area (Å²) in [6.45, 7) is 1.79. The van der Waals surface area contributed by atoms with E-state index in [0.717, 1.165) is 22.9 Å². The fourth-order valence-electron chi connectivity index (χ4n) is 3.26. The molecule has 0 bridgehead atoms. The number of aromatic nitrogens is 5. The molecule has 0 saturated heterocycles.